The van der Waals surface area contributed by atoms with E-state index >= 15 is 0 Å². The predicted molar refractivity (Wildman–Crippen MR) is 114 cm³/mol. The van der Waals surface area contributed by atoms with Crippen LogP contribution in [0.5, 0.6) is 11.5 Å². The lowest BCUT2D eigenvalue weighted by atomic mass is 10.2. The highest BCUT2D eigenvalue weighted by atomic mass is 32.2. The number of anilines is 1. The third-order valence-electron chi connectivity index (χ3n) is 4.00. The summed E-state index contributed by atoms with van der Waals surface area (Å²) in [5.41, 5.74) is 0.827. The molecule has 152 valence electrons. The van der Waals surface area contributed by atoms with Crippen LogP contribution in [-0.4, -0.2) is 42.4 Å². The molecule has 1 N–H and O–H groups in total. The molecule has 1 fully saturated rings. The Labute approximate surface area is 174 Å². The lowest BCUT2D eigenvalue weighted by Crippen LogP contribution is -2.24. The number of thioether (sulfide) groups is 1. The number of imide groups is 1. The van der Waals surface area contributed by atoms with Gasteiger partial charge >= 0.3 is 0 Å². The van der Waals surface area contributed by atoms with Crippen LogP contribution >= 0.6 is 11.8 Å². The van der Waals surface area contributed by atoms with Gasteiger partial charge in [-0.05, 0) is 55.4 Å². The van der Waals surface area contributed by atoms with E-state index in [1.807, 2.05) is 62.2 Å². The topological polar surface area (TPSA) is 80.8 Å². The average Bonchev–Trinajstić information content (AvgIpc) is 2.99. The summed E-state index contributed by atoms with van der Waals surface area (Å²) < 4.78 is 11.5. The minimum absolute atomic E-state index is 0.111. The molecule has 1 aliphatic heterocycles. The van der Waals surface area contributed by atoms with Crippen LogP contribution in [0, 0.1) is 0 Å². The van der Waals surface area contributed by atoms with E-state index in [1.54, 1.807) is 12.3 Å². The fourth-order valence-electron chi connectivity index (χ4n) is 2.60. The number of rotatable bonds is 8. The number of amides is 2. The lowest BCUT2D eigenvalue weighted by Gasteiger charge is -2.19. The number of pyridine rings is 1. The van der Waals surface area contributed by atoms with Gasteiger partial charge in [0.15, 0.2) is 0 Å². The molecule has 7 nitrogen and oxygen atoms in total. The molecule has 29 heavy (non-hydrogen) atoms. The third kappa shape index (κ3) is 5.99. The Bertz CT molecular complexity index is 912. The maximum Gasteiger partial charge on any atom is 0.290 e. The summed E-state index contributed by atoms with van der Waals surface area (Å²) in [6.45, 7) is 5.12. The molecule has 0 atom stereocenters. The minimum Gasteiger partial charge on any atom is -0.492 e. The molecule has 0 aliphatic carbocycles. The fraction of sp³-hybridized carbons (Fsp3) is 0.286. The highest BCUT2D eigenvalue weighted by molar-refractivity contribution is 8.18. The number of carbonyl (C=O) groups is 2. The maximum atomic E-state index is 11.6. The zero-order chi connectivity index (χ0) is 20.8. The third-order valence-corrected chi connectivity index (χ3v) is 4.81. The number of aromatic nitrogens is 1. The van der Waals surface area contributed by atoms with Gasteiger partial charge < -0.3 is 14.4 Å². The van der Waals surface area contributed by atoms with Gasteiger partial charge in [0, 0.05) is 19.3 Å². The largest absolute Gasteiger partial charge is 0.492 e. The molecule has 3 rings (SSSR count). The Hall–Kier alpha value is -3.00. The number of nitrogens with zero attached hydrogens (tertiary/aromatic N) is 2. The van der Waals surface area contributed by atoms with Crippen molar-refractivity contribution in [3.63, 3.8) is 0 Å². The zero-order valence-electron chi connectivity index (χ0n) is 16.5. The van der Waals surface area contributed by atoms with Gasteiger partial charge in [0.25, 0.3) is 11.1 Å². The van der Waals surface area contributed by atoms with E-state index in [4.69, 9.17) is 9.47 Å². The quantitative estimate of drug-likeness (QED) is 0.661. The van der Waals surface area contributed by atoms with Crippen LogP contribution in [0.25, 0.3) is 6.08 Å². The van der Waals surface area contributed by atoms with Crippen molar-refractivity contribution in [1.82, 2.24) is 10.3 Å². The molecule has 0 saturated carbocycles. The number of carbonyl (C=O) groups excluding carboxylic acids is 2. The van der Waals surface area contributed by atoms with Crippen LogP contribution in [0.1, 0.15) is 19.4 Å². The van der Waals surface area contributed by atoms with Crippen molar-refractivity contribution in [2.75, 3.05) is 25.1 Å². The van der Waals surface area contributed by atoms with Gasteiger partial charge in [-0.15, -0.1) is 0 Å². The van der Waals surface area contributed by atoms with E-state index in [-0.39, 0.29) is 17.3 Å². The van der Waals surface area contributed by atoms with E-state index in [0.717, 1.165) is 34.6 Å². The number of ether oxygens (including phenoxy) is 2. The molecule has 8 heteroatoms. The van der Waals surface area contributed by atoms with Crippen LogP contribution in [0.3, 0.4) is 0 Å². The summed E-state index contributed by atoms with van der Waals surface area (Å²) in [6.07, 6.45) is 3.52. The number of likely N-dealkylation sites (N-methyl/N-ethyl adjacent to an activating group) is 1. The first kappa shape index (κ1) is 20.7. The van der Waals surface area contributed by atoms with Gasteiger partial charge in [0.1, 0.15) is 23.9 Å². The van der Waals surface area contributed by atoms with Crippen LogP contribution in [0.4, 0.5) is 10.6 Å². The molecule has 1 aromatic heterocycles. The highest BCUT2D eigenvalue weighted by Gasteiger charge is 2.24. The molecular formula is C21H23N3O4S. The second-order valence-electron chi connectivity index (χ2n) is 6.71. The van der Waals surface area contributed by atoms with E-state index < -0.39 is 0 Å². The van der Waals surface area contributed by atoms with Crippen LogP contribution in [-0.2, 0) is 4.79 Å². The van der Waals surface area contributed by atoms with Gasteiger partial charge in [-0.2, -0.15) is 0 Å². The monoisotopic (exact) mass is 413 g/mol. The smallest absolute Gasteiger partial charge is 0.290 e. The van der Waals surface area contributed by atoms with Gasteiger partial charge in [0.05, 0.1) is 17.6 Å². The number of nitrogens with one attached hydrogen (secondary N) is 1. The number of hydrogen-bond acceptors (Lipinski definition) is 7. The predicted octanol–water partition coefficient (Wildman–Crippen LogP) is 3.71. The summed E-state index contributed by atoms with van der Waals surface area (Å²) in [6, 6.07) is 11.1. The molecule has 0 unspecified atom stereocenters. The van der Waals surface area contributed by atoms with Crippen molar-refractivity contribution in [2.24, 2.45) is 0 Å². The Morgan fingerprint density at radius 2 is 1.93 bits per heavy atom. The molecule has 2 aromatic rings. The fourth-order valence-corrected chi connectivity index (χ4v) is 3.28. The molecule has 2 heterocycles. The molecule has 0 bridgehead atoms. The van der Waals surface area contributed by atoms with Gasteiger partial charge in [-0.3, -0.25) is 14.9 Å². The average molecular weight is 413 g/mol. The Balaban J connectivity index is 1.51. The molecular weight excluding hydrogens is 390 g/mol. The second kappa shape index (κ2) is 9.47. The van der Waals surface area contributed by atoms with E-state index in [9.17, 15) is 9.59 Å². The molecule has 1 aromatic carbocycles. The molecule has 1 aliphatic rings. The first-order valence-electron chi connectivity index (χ1n) is 9.22. The summed E-state index contributed by atoms with van der Waals surface area (Å²) >= 11 is 0.902. The standard InChI is InChI=1S/C21H23N3O4S/c1-14(2)28-17-8-9-22-19(13-17)24(3)10-11-27-16-6-4-15(5-7-16)12-18-20(25)23-21(26)29-18/h4-9,12-14H,10-11H2,1-3H3,(H,23,25,26)/b18-12-. The highest BCUT2D eigenvalue weighted by Crippen LogP contribution is 2.26. The van der Waals surface area contributed by atoms with Crippen molar-refractivity contribution in [3.8, 4) is 11.5 Å². The maximum absolute atomic E-state index is 11.6. The van der Waals surface area contributed by atoms with Gasteiger partial charge in [-0.25, -0.2) is 4.98 Å². The summed E-state index contributed by atoms with van der Waals surface area (Å²) in [7, 11) is 1.95. The van der Waals surface area contributed by atoms with Crippen LogP contribution in [0.15, 0.2) is 47.5 Å². The van der Waals surface area contributed by atoms with E-state index in [1.165, 1.54) is 0 Å². The Morgan fingerprint density at radius 1 is 1.17 bits per heavy atom. The van der Waals surface area contributed by atoms with E-state index in [0.29, 0.717) is 18.1 Å². The SMILES string of the molecule is CC(C)Oc1ccnc(N(C)CCOc2ccc(/C=C3\SC(=O)NC3=O)cc2)c1. The zero-order valence-corrected chi connectivity index (χ0v) is 17.4. The van der Waals surface area contributed by atoms with E-state index in [2.05, 4.69) is 10.3 Å². The molecule has 1 saturated heterocycles. The number of benzene rings is 1. The van der Waals surface area contributed by atoms with Crippen molar-refractivity contribution in [1.29, 1.82) is 0 Å². The first-order chi connectivity index (χ1) is 13.9. The van der Waals surface area contributed by atoms with Crippen LogP contribution < -0.4 is 19.7 Å². The van der Waals surface area contributed by atoms with Crippen LogP contribution in [0.2, 0.25) is 0 Å². The van der Waals surface area contributed by atoms with Crippen molar-refractivity contribution >= 4 is 34.8 Å². The first-order valence-corrected chi connectivity index (χ1v) is 10.0. The summed E-state index contributed by atoms with van der Waals surface area (Å²) in [4.78, 5) is 29.6. The minimum atomic E-state index is -0.361. The Morgan fingerprint density at radius 3 is 2.59 bits per heavy atom. The lowest BCUT2D eigenvalue weighted by molar-refractivity contribution is -0.115. The van der Waals surface area contributed by atoms with Crippen molar-refractivity contribution in [3.05, 3.63) is 53.1 Å². The summed E-state index contributed by atoms with van der Waals surface area (Å²) in [5, 5.41) is 1.89. The summed E-state index contributed by atoms with van der Waals surface area (Å²) in [5.74, 6) is 1.97. The van der Waals surface area contributed by atoms with Gasteiger partial charge in [0.2, 0.25) is 0 Å². The van der Waals surface area contributed by atoms with Crippen molar-refractivity contribution < 1.29 is 19.1 Å². The normalized spacial score (nSPS) is 15.0. The Kier molecular flexibility index (Phi) is 6.77. The number of hydrogen-bond donors (Lipinski definition) is 1. The van der Waals surface area contributed by atoms with Crippen molar-refractivity contribution in [2.45, 2.75) is 20.0 Å². The molecule has 2 amide bonds. The van der Waals surface area contributed by atoms with Gasteiger partial charge in [-0.1, -0.05) is 12.1 Å². The molecule has 0 radical (unpaired) electrons. The second-order valence-corrected chi connectivity index (χ2v) is 7.72. The molecule has 0 spiro atoms.